The summed E-state index contributed by atoms with van der Waals surface area (Å²) in [6.45, 7) is 7.26. The van der Waals surface area contributed by atoms with Gasteiger partial charge < -0.3 is 4.74 Å². The van der Waals surface area contributed by atoms with Gasteiger partial charge in [0.25, 0.3) is 0 Å². The van der Waals surface area contributed by atoms with Crippen LogP contribution in [0.3, 0.4) is 0 Å². The molecule has 1 rings (SSSR count). The zero-order chi connectivity index (χ0) is 11.4. The molecule has 0 bridgehead atoms. The molecule has 15 heavy (non-hydrogen) atoms. The summed E-state index contributed by atoms with van der Waals surface area (Å²) in [7, 11) is 0. The summed E-state index contributed by atoms with van der Waals surface area (Å²) in [5.41, 5.74) is 0.902. The second-order valence-corrected chi connectivity index (χ2v) is 3.82. The Bertz CT molecular complexity index is 383. The fraction of sp³-hybridized carbons (Fsp3) is 0.250. The van der Waals surface area contributed by atoms with Crippen LogP contribution in [-0.2, 0) is 9.53 Å². The van der Waals surface area contributed by atoms with Gasteiger partial charge in [0.15, 0.2) is 0 Å². The fourth-order valence-corrected chi connectivity index (χ4v) is 1.35. The molecule has 0 aliphatic heterocycles. The number of ether oxygens (including phenoxy) is 1. The van der Waals surface area contributed by atoms with Gasteiger partial charge in [0.05, 0.1) is 11.7 Å². The lowest BCUT2D eigenvalue weighted by Gasteiger charge is -2.10. The lowest BCUT2D eigenvalue weighted by Crippen LogP contribution is -2.12. The SMILES string of the molecule is C=C(C(=O)OC(C)C)c1ccccc1Cl. The molecule has 0 aromatic heterocycles. The topological polar surface area (TPSA) is 26.3 Å². The molecule has 3 heteroatoms. The van der Waals surface area contributed by atoms with E-state index in [2.05, 4.69) is 6.58 Å². The average Bonchev–Trinajstić information content (AvgIpc) is 2.16. The van der Waals surface area contributed by atoms with Crippen LogP contribution >= 0.6 is 11.6 Å². The summed E-state index contributed by atoms with van der Waals surface area (Å²) in [5, 5.41) is 0.503. The van der Waals surface area contributed by atoms with Gasteiger partial charge in [-0.25, -0.2) is 4.79 Å². The Morgan fingerprint density at radius 2 is 2.00 bits per heavy atom. The molecule has 0 saturated heterocycles. The summed E-state index contributed by atoms with van der Waals surface area (Å²) >= 11 is 5.93. The van der Waals surface area contributed by atoms with Crippen LogP contribution in [0.1, 0.15) is 19.4 Å². The standard InChI is InChI=1S/C12H13ClO2/c1-8(2)15-12(14)9(3)10-6-4-5-7-11(10)13/h4-8H,3H2,1-2H3. The third kappa shape index (κ3) is 3.10. The molecular formula is C12H13ClO2. The normalized spacial score (nSPS) is 10.1. The van der Waals surface area contributed by atoms with Crippen LogP contribution in [-0.4, -0.2) is 12.1 Å². The van der Waals surface area contributed by atoms with E-state index in [1.807, 2.05) is 0 Å². The van der Waals surface area contributed by atoms with Crippen LogP contribution in [0.4, 0.5) is 0 Å². The first-order chi connectivity index (χ1) is 7.02. The highest BCUT2D eigenvalue weighted by atomic mass is 35.5. The molecule has 0 aliphatic rings. The van der Waals surface area contributed by atoms with E-state index in [4.69, 9.17) is 16.3 Å². The van der Waals surface area contributed by atoms with E-state index in [9.17, 15) is 4.79 Å². The Balaban J connectivity index is 2.86. The van der Waals surface area contributed by atoms with Gasteiger partial charge in [-0.15, -0.1) is 0 Å². The lowest BCUT2D eigenvalue weighted by molar-refractivity contribution is -0.140. The van der Waals surface area contributed by atoms with E-state index in [0.717, 1.165) is 0 Å². The maximum absolute atomic E-state index is 11.5. The van der Waals surface area contributed by atoms with E-state index in [0.29, 0.717) is 10.6 Å². The summed E-state index contributed by atoms with van der Waals surface area (Å²) in [4.78, 5) is 11.5. The quantitative estimate of drug-likeness (QED) is 0.582. The highest BCUT2D eigenvalue weighted by Gasteiger charge is 2.14. The van der Waals surface area contributed by atoms with Gasteiger partial charge in [0.2, 0.25) is 0 Å². The highest BCUT2D eigenvalue weighted by Crippen LogP contribution is 2.23. The summed E-state index contributed by atoms with van der Waals surface area (Å²) in [6, 6.07) is 7.05. The van der Waals surface area contributed by atoms with Crippen molar-refractivity contribution in [3.63, 3.8) is 0 Å². The smallest absolute Gasteiger partial charge is 0.338 e. The van der Waals surface area contributed by atoms with Crippen molar-refractivity contribution in [2.24, 2.45) is 0 Å². The molecule has 80 valence electrons. The molecule has 2 nitrogen and oxygen atoms in total. The molecule has 1 aromatic carbocycles. The average molecular weight is 225 g/mol. The first kappa shape index (κ1) is 11.8. The van der Waals surface area contributed by atoms with Crippen molar-refractivity contribution in [3.05, 3.63) is 41.4 Å². The number of rotatable bonds is 3. The molecule has 1 aromatic rings. The van der Waals surface area contributed by atoms with Crippen LogP contribution < -0.4 is 0 Å². The number of hydrogen-bond acceptors (Lipinski definition) is 2. The van der Waals surface area contributed by atoms with Gasteiger partial charge in [-0.05, 0) is 19.9 Å². The van der Waals surface area contributed by atoms with Gasteiger partial charge in [-0.2, -0.15) is 0 Å². The van der Waals surface area contributed by atoms with E-state index in [-0.39, 0.29) is 11.7 Å². The number of carbonyl (C=O) groups is 1. The van der Waals surface area contributed by atoms with Crippen LogP contribution in [0, 0.1) is 0 Å². The van der Waals surface area contributed by atoms with Crippen molar-refractivity contribution in [2.45, 2.75) is 20.0 Å². The zero-order valence-corrected chi connectivity index (χ0v) is 9.54. The van der Waals surface area contributed by atoms with Gasteiger partial charge in [-0.3, -0.25) is 0 Å². The second kappa shape index (κ2) is 4.99. The zero-order valence-electron chi connectivity index (χ0n) is 8.79. The van der Waals surface area contributed by atoms with Gasteiger partial charge in [-0.1, -0.05) is 36.4 Å². The Labute approximate surface area is 94.5 Å². The molecule has 0 saturated carbocycles. The second-order valence-electron chi connectivity index (χ2n) is 3.41. The lowest BCUT2D eigenvalue weighted by atomic mass is 10.1. The third-order valence-electron chi connectivity index (χ3n) is 1.79. The Morgan fingerprint density at radius 1 is 1.40 bits per heavy atom. The van der Waals surface area contributed by atoms with Crippen LogP contribution in [0.25, 0.3) is 5.57 Å². The van der Waals surface area contributed by atoms with Crippen molar-refractivity contribution in [3.8, 4) is 0 Å². The maximum atomic E-state index is 11.5. The molecule has 0 radical (unpaired) electrons. The Kier molecular flexibility index (Phi) is 3.92. The van der Waals surface area contributed by atoms with Crippen LogP contribution in [0.15, 0.2) is 30.8 Å². The molecule has 0 unspecified atom stereocenters. The minimum atomic E-state index is -0.432. The van der Waals surface area contributed by atoms with Crippen molar-refractivity contribution in [2.75, 3.05) is 0 Å². The van der Waals surface area contributed by atoms with E-state index >= 15 is 0 Å². The highest BCUT2D eigenvalue weighted by molar-refractivity contribution is 6.34. The van der Waals surface area contributed by atoms with Gasteiger partial charge in [0.1, 0.15) is 0 Å². The van der Waals surface area contributed by atoms with E-state index < -0.39 is 5.97 Å². The largest absolute Gasteiger partial charge is 0.459 e. The van der Waals surface area contributed by atoms with Crippen molar-refractivity contribution in [1.82, 2.24) is 0 Å². The molecule has 0 spiro atoms. The summed E-state index contributed by atoms with van der Waals surface area (Å²) < 4.78 is 5.02. The van der Waals surface area contributed by atoms with Crippen molar-refractivity contribution in [1.29, 1.82) is 0 Å². The molecule has 0 fully saturated rings. The number of halogens is 1. The van der Waals surface area contributed by atoms with Crippen LogP contribution in [0.2, 0.25) is 5.02 Å². The molecule has 0 atom stereocenters. The third-order valence-corrected chi connectivity index (χ3v) is 2.12. The van der Waals surface area contributed by atoms with Gasteiger partial charge in [0, 0.05) is 10.6 Å². The first-order valence-corrected chi connectivity index (χ1v) is 5.05. The minimum absolute atomic E-state index is 0.156. The number of carbonyl (C=O) groups excluding carboxylic acids is 1. The van der Waals surface area contributed by atoms with Crippen molar-refractivity contribution < 1.29 is 9.53 Å². The number of esters is 1. The molecule has 0 amide bonds. The predicted molar refractivity (Wildman–Crippen MR) is 61.7 cm³/mol. The monoisotopic (exact) mass is 224 g/mol. The Hall–Kier alpha value is -1.28. The van der Waals surface area contributed by atoms with Gasteiger partial charge >= 0.3 is 5.97 Å². The maximum Gasteiger partial charge on any atom is 0.338 e. The van der Waals surface area contributed by atoms with E-state index in [1.54, 1.807) is 38.1 Å². The predicted octanol–water partition coefficient (Wildman–Crippen LogP) is 3.30. The summed E-state index contributed by atoms with van der Waals surface area (Å²) in [6.07, 6.45) is -0.156. The molecule has 0 heterocycles. The first-order valence-electron chi connectivity index (χ1n) is 4.67. The fourth-order valence-electron chi connectivity index (χ4n) is 1.10. The molecule has 0 aliphatic carbocycles. The Morgan fingerprint density at radius 3 is 2.53 bits per heavy atom. The molecule has 0 N–H and O–H groups in total. The summed E-state index contributed by atoms with van der Waals surface area (Å²) in [5.74, 6) is -0.432. The van der Waals surface area contributed by atoms with E-state index in [1.165, 1.54) is 0 Å². The number of benzene rings is 1. The molecular weight excluding hydrogens is 212 g/mol. The number of hydrogen-bond donors (Lipinski definition) is 0. The van der Waals surface area contributed by atoms with Crippen LogP contribution in [0.5, 0.6) is 0 Å². The van der Waals surface area contributed by atoms with Crippen molar-refractivity contribution >= 4 is 23.1 Å². The minimum Gasteiger partial charge on any atom is -0.459 e.